The van der Waals surface area contributed by atoms with E-state index in [9.17, 15) is 4.79 Å². The van der Waals surface area contributed by atoms with Crippen molar-refractivity contribution in [3.05, 3.63) is 40.3 Å². The molecule has 0 bridgehead atoms. The fourth-order valence-corrected chi connectivity index (χ4v) is 4.43. The maximum atomic E-state index is 12.1. The standard InChI is InChI=1S/C19H25N3O/c1-2-20-14-6-8-15(9-7-14)22-11-10-13-12-21-19(23)16-4-3-5-17(22)18(13)16/h3-5,12,14-15,20H,2,6-11H2,1H3,(H,21,23). The van der Waals surface area contributed by atoms with Gasteiger partial charge in [-0.2, -0.15) is 0 Å². The van der Waals surface area contributed by atoms with Gasteiger partial charge in [0.2, 0.25) is 0 Å². The lowest BCUT2D eigenvalue weighted by molar-refractivity contribution is 0.335. The molecule has 0 atom stereocenters. The van der Waals surface area contributed by atoms with Gasteiger partial charge in [-0.3, -0.25) is 4.79 Å². The van der Waals surface area contributed by atoms with Crippen molar-refractivity contribution in [2.45, 2.75) is 51.1 Å². The number of hydrogen-bond donors (Lipinski definition) is 2. The molecule has 4 nitrogen and oxygen atoms in total. The van der Waals surface area contributed by atoms with Crippen LogP contribution in [0.2, 0.25) is 0 Å². The summed E-state index contributed by atoms with van der Waals surface area (Å²) in [6.07, 6.45) is 7.94. The molecule has 4 rings (SSSR count). The van der Waals surface area contributed by atoms with Gasteiger partial charge in [-0.1, -0.05) is 13.0 Å². The Labute approximate surface area is 136 Å². The first-order valence-corrected chi connectivity index (χ1v) is 8.91. The lowest BCUT2D eigenvalue weighted by Crippen LogP contribution is -2.44. The van der Waals surface area contributed by atoms with Crippen molar-refractivity contribution >= 4 is 16.5 Å². The maximum absolute atomic E-state index is 12.1. The van der Waals surface area contributed by atoms with E-state index in [0.29, 0.717) is 12.1 Å². The lowest BCUT2D eigenvalue weighted by Gasteiger charge is -2.41. The Balaban J connectivity index is 1.66. The van der Waals surface area contributed by atoms with Crippen molar-refractivity contribution in [1.82, 2.24) is 10.3 Å². The molecule has 0 spiro atoms. The van der Waals surface area contributed by atoms with Gasteiger partial charge < -0.3 is 15.2 Å². The van der Waals surface area contributed by atoms with Gasteiger partial charge in [0.1, 0.15) is 0 Å². The predicted octanol–water partition coefficient (Wildman–Crippen LogP) is 2.81. The molecule has 0 radical (unpaired) electrons. The number of anilines is 1. The molecule has 0 unspecified atom stereocenters. The number of hydrogen-bond acceptors (Lipinski definition) is 3. The third-order valence-electron chi connectivity index (χ3n) is 5.55. The minimum atomic E-state index is 0.0308. The van der Waals surface area contributed by atoms with Crippen LogP contribution in [0.3, 0.4) is 0 Å². The fourth-order valence-electron chi connectivity index (χ4n) is 4.43. The largest absolute Gasteiger partial charge is 0.368 e. The molecule has 4 heteroatoms. The molecule has 1 aliphatic heterocycles. The molecule has 1 aromatic heterocycles. The zero-order chi connectivity index (χ0) is 15.8. The highest BCUT2D eigenvalue weighted by Crippen LogP contribution is 2.36. The summed E-state index contributed by atoms with van der Waals surface area (Å²) in [5, 5.41) is 5.60. The van der Waals surface area contributed by atoms with Crippen molar-refractivity contribution in [3.8, 4) is 0 Å². The minimum absolute atomic E-state index is 0.0308. The molecule has 23 heavy (non-hydrogen) atoms. The van der Waals surface area contributed by atoms with Gasteiger partial charge in [0.15, 0.2) is 0 Å². The summed E-state index contributed by atoms with van der Waals surface area (Å²) in [5.41, 5.74) is 2.58. The number of nitrogens with zero attached hydrogens (tertiary/aromatic N) is 1. The highest BCUT2D eigenvalue weighted by Gasteiger charge is 2.29. The molecule has 1 saturated carbocycles. The summed E-state index contributed by atoms with van der Waals surface area (Å²) in [4.78, 5) is 17.6. The van der Waals surface area contributed by atoms with E-state index in [4.69, 9.17) is 0 Å². The summed E-state index contributed by atoms with van der Waals surface area (Å²) in [5.74, 6) is 0. The Morgan fingerprint density at radius 2 is 2.09 bits per heavy atom. The van der Waals surface area contributed by atoms with Gasteiger partial charge in [-0.25, -0.2) is 0 Å². The normalized spacial score (nSPS) is 24.1. The monoisotopic (exact) mass is 311 g/mol. The third-order valence-corrected chi connectivity index (χ3v) is 5.55. The Morgan fingerprint density at radius 1 is 1.26 bits per heavy atom. The van der Waals surface area contributed by atoms with Crippen molar-refractivity contribution in [2.75, 3.05) is 18.0 Å². The first-order chi connectivity index (χ1) is 11.3. The van der Waals surface area contributed by atoms with E-state index in [1.54, 1.807) is 0 Å². The number of aromatic nitrogens is 1. The van der Waals surface area contributed by atoms with Gasteiger partial charge in [0, 0.05) is 41.3 Å². The number of nitrogens with one attached hydrogen (secondary N) is 2. The predicted molar refractivity (Wildman–Crippen MR) is 95.3 cm³/mol. The second-order valence-corrected chi connectivity index (χ2v) is 6.85. The molecule has 2 N–H and O–H groups in total. The first-order valence-electron chi connectivity index (χ1n) is 8.91. The van der Waals surface area contributed by atoms with Crippen LogP contribution in [0.4, 0.5) is 5.69 Å². The van der Waals surface area contributed by atoms with Gasteiger partial charge in [-0.05, 0) is 56.3 Å². The van der Waals surface area contributed by atoms with Crippen molar-refractivity contribution in [3.63, 3.8) is 0 Å². The first kappa shape index (κ1) is 14.8. The summed E-state index contributed by atoms with van der Waals surface area (Å²) in [6.45, 7) is 4.31. The number of rotatable bonds is 3. The smallest absolute Gasteiger partial charge is 0.255 e. The van der Waals surface area contributed by atoms with Crippen LogP contribution in [0, 0.1) is 0 Å². The van der Waals surface area contributed by atoms with Crippen LogP contribution in [-0.4, -0.2) is 30.2 Å². The molecular formula is C19H25N3O. The second-order valence-electron chi connectivity index (χ2n) is 6.85. The van der Waals surface area contributed by atoms with Crippen LogP contribution in [-0.2, 0) is 6.42 Å². The van der Waals surface area contributed by atoms with Crippen LogP contribution in [0.15, 0.2) is 29.2 Å². The summed E-state index contributed by atoms with van der Waals surface area (Å²) >= 11 is 0. The highest BCUT2D eigenvalue weighted by atomic mass is 16.1. The van der Waals surface area contributed by atoms with E-state index in [2.05, 4.69) is 28.2 Å². The van der Waals surface area contributed by atoms with Gasteiger partial charge in [0.05, 0.1) is 0 Å². The molecule has 2 aromatic rings. The fraction of sp³-hybridized carbons (Fsp3) is 0.526. The molecule has 1 aliphatic carbocycles. The number of H-pyrrole nitrogens is 1. The van der Waals surface area contributed by atoms with Gasteiger partial charge in [-0.15, -0.1) is 0 Å². The number of pyridine rings is 1. The summed E-state index contributed by atoms with van der Waals surface area (Å²) in [7, 11) is 0. The molecule has 1 aromatic carbocycles. The average Bonchev–Trinajstić information content (AvgIpc) is 2.59. The molecule has 122 valence electrons. The molecule has 1 fully saturated rings. The molecule has 2 aliphatic rings. The van der Waals surface area contributed by atoms with E-state index in [0.717, 1.165) is 24.9 Å². The van der Waals surface area contributed by atoms with Crippen LogP contribution < -0.4 is 15.8 Å². The highest BCUT2D eigenvalue weighted by molar-refractivity contribution is 5.97. The van der Waals surface area contributed by atoms with Crippen LogP contribution in [0.1, 0.15) is 38.2 Å². The van der Waals surface area contributed by atoms with Gasteiger partial charge >= 0.3 is 0 Å². The van der Waals surface area contributed by atoms with Crippen LogP contribution in [0.25, 0.3) is 10.8 Å². The second kappa shape index (κ2) is 6.00. The van der Waals surface area contributed by atoms with Crippen LogP contribution >= 0.6 is 0 Å². The quantitative estimate of drug-likeness (QED) is 0.916. The molecule has 0 amide bonds. The van der Waals surface area contributed by atoms with E-state index in [-0.39, 0.29) is 5.56 Å². The Morgan fingerprint density at radius 3 is 2.87 bits per heavy atom. The number of benzene rings is 1. The zero-order valence-electron chi connectivity index (χ0n) is 13.8. The van der Waals surface area contributed by atoms with Gasteiger partial charge in [0.25, 0.3) is 5.56 Å². The minimum Gasteiger partial charge on any atom is -0.368 e. The van der Waals surface area contributed by atoms with Crippen LogP contribution in [0.5, 0.6) is 0 Å². The summed E-state index contributed by atoms with van der Waals surface area (Å²) in [6, 6.07) is 7.47. The topological polar surface area (TPSA) is 48.1 Å². The van der Waals surface area contributed by atoms with E-state index in [1.807, 2.05) is 18.3 Å². The van der Waals surface area contributed by atoms with E-state index < -0.39 is 0 Å². The third kappa shape index (κ3) is 2.55. The average molecular weight is 311 g/mol. The summed E-state index contributed by atoms with van der Waals surface area (Å²) < 4.78 is 0. The van der Waals surface area contributed by atoms with Crippen molar-refractivity contribution in [2.24, 2.45) is 0 Å². The van der Waals surface area contributed by atoms with Crippen molar-refractivity contribution in [1.29, 1.82) is 0 Å². The molecule has 2 heterocycles. The Bertz CT molecular complexity index is 759. The zero-order valence-corrected chi connectivity index (χ0v) is 13.8. The SMILES string of the molecule is CCNC1CCC(N2CCc3c[nH]c(=O)c4cccc2c34)CC1. The Hall–Kier alpha value is -1.81. The maximum Gasteiger partial charge on any atom is 0.255 e. The molecule has 0 saturated heterocycles. The van der Waals surface area contributed by atoms with Crippen molar-refractivity contribution < 1.29 is 0 Å². The molecular weight excluding hydrogens is 286 g/mol. The van der Waals surface area contributed by atoms with E-state index in [1.165, 1.54) is 42.3 Å². The Kier molecular flexibility index (Phi) is 3.85. The lowest BCUT2D eigenvalue weighted by atomic mass is 9.88. The van der Waals surface area contributed by atoms with E-state index >= 15 is 0 Å². The number of aromatic amines is 1.